The number of hydrogen-bond acceptors (Lipinski definition) is 3. The molecule has 1 atom stereocenters. The molecule has 20 heavy (non-hydrogen) atoms. The molecule has 0 aromatic heterocycles. The first-order valence-electron chi connectivity index (χ1n) is 7.46. The number of nitrogens with zero attached hydrogens (tertiary/aromatic N) is 1. The lowest BCUT2D eigenvalue weighted by Gasteiger charge is -2.35. The molecule has 1 N–H and O–H groups in total. The van der Waals surface area contributed by atoms with Gasteiger partial charge in [-0.25, -0.2) is 0 Å². The van der Waals surface area contributed by atoms with Gasteiger partial charge in [-0.15, -0.1) is 0 Å². The molecule has 1 saturated carbocycles. The van der Waals surface area contributed by atoms with Gasteiger partial charge in [0.05, 0.1) is 17.8 Å². The second-order valence-corrected chi connectivity index (χ2v) is 6.62. The Morgan fingerprint density at radius 2 is 2.20 bits per heavy atom. The molecule has 1 aliphatic carbocycles. The van der Waals surface area contributed by atoms with Crippen LogP contribution in [0.5, 0.6) is 5.75 Å². The minimum Gasteiger partial charge on any atom is -0.497 e. The quantitative estimate of drug-likeness (QED) is 0.925. The summed E-state index contributed by atoms with van der Waals surface area (Å²) < 4.78 is 5.34. The zero-order chi connectivity index (χ0) is 14.2. The van der Waals surface area contributed by atoms with E-state index in [-0.39, 0.29) is 5.54 Å². The van der Waals surface area contributed by atoms with Gasteiger partial charge in [-0.3, -0.25) is 0 Å². The first-order chi connectivity index (χ1) is 9.62. The molecule has 1 heterocycles. The van der Waals surface area contributed by atoms with Gasteiger partial charge < -0.3 is 15.0 Å². The van der Waals surface area contributed by atoms with E-state index < -0.39 is 0 Å². The average molecular weight is 295 g/mol. The third-order valence-electron chi connectivity index (χ3n) is 4.63. The molecule has 110 valence electrons. The maximum absolute atomic E-state index is 6.41. The highest BCUT2D eigenvalue weighted by Gasteiger charge is 2.43. The smallest absolute Gasteiger partial charge is 0.121 e. The van der Waals surface area contributed by atoms with Crippen LogP contribution in [0.3, 0.4) is 0 Å². The molecule has 1 unspecified atom stereocenters. The van der Waals surface area contributed by atoms with Gasteiger partial charge in [0.25, 0.3) is 0 Å². The number of halogens is 1. The fourth-order valence-electron chi connectivity index (χ4n) is 3.24. The number of benzene rings is 1. The fourth-order valence-corrected chi connectivity index (χ4v) is 3.47. The number of rotatable bonds is 3. The van der Waals surface area contributed by atoms with Gasteiger partial charge in [-0.1, -0.05) is 11.6 Å². The number of nitrogens with one attached hydrogen (secondary N) is 1. The van der Waals surface area contributed by atoms with E-state index in [4.69, 9.17) is 16.3 Å². The van der Waals surface area contributed by atoms with Crippen molar-refractivity contribution in [2.24, 2.45) is 5.92 Å². The number of methoxy groups -OCH3 is 1. The molecule has 1 aromatic rings. The van der Waals surface area contributed by atoms with Gasteiger partial charge >= 0.3 is 0 Å². The summed E-state index contributed by atoms with van der Waals surface area (Å²) in [6, 6.07) is 5.91. The molecule has 2 fully saturated rings. The first kappa shape index (κ1) is 14.0. The number of ether oxygens (including phenoxy) is 1. The molecule has 2 aliphatic rings. The maximum Gasteiger partial charge on any atom is 0.121 e. The highest BCUT2D eigenvalue weighted by molar-refractivity contribution is 6.33. The summed E-state index contributed by atoms with van der Waals surface area (Å²) in [5, 5.41) is 4.56. The molecule has 1 saturated heterocycles. The van der Waals surface area contributed by atoms with Gasteiger partial charge in [0.2, 0.25) is 0 Å². The van der Waals surface area contributed by atoms with Crippen molar-refractivity contribution < 1.29 is 4.74 Å². The van der Waals surface area contributed by atoms with Gasteiger partial charge in [-0.05, 0) is 50.8 Å². The van der Waals surface area contributed by atoms with Crippen LogP contribution in [0.4, 0.5) is 5.69 Å². The van der Waals surface area contributed by atoms with Crippen LogP contribution in [0, 0.1) is 5.92 Å². The van der Waals surface area contributed by atoms with Crippen molar-refractivity contribution in [3.63, 3.8) is 0 Å². The van der Waals surface area contributed by atoms with Gasteiger partial charge in [0, 0.05) is 24.7 Å². The largest absolute Gasteiger partial charge is 0.497 e. The molecule has 3 rings (SSSR count). The summed E-state index contributed by atoms with van der Waals surface area (Å²) in [6.45, 7) is 5.51. The van der Waals surface area contributed by atoms with Gasteiger partial charge in [0.1, 0.15) is 5.75 Å². The Labute approximate surface area is 126 Å². The zero-order valence-corrected chi connectivity index (χ0v) is 13.0. The lowest BCUT2D eigenvalue weighted by Crippen LogP contribution is -2.51. The molecule has 0 amide bonds. The summed E-state index contributed by atoms with van der Waals surface area (Å²) in [6.07, 6.45) is 3.85. The summed E-state index contributed by atoms with van der Waals surface area (Å²) in [5.41, 5.74) is 1.31. The van der Waals surface area contributed by atoms with E-state index in [1.807, 2.05) is 12.1 Å². The van der Waals surface area contributed by atoms with Crippen LogP contribution >= 0.6 is 11.6 Å². The van der Waals surface area contributed by atoms with Crippen LogP contribution in [0.1, 0.15) is 26.2 Å². The van der Waals surface area contributed by atoms with E-state index in [0.29, 0.717) is 0 Å². The summed E-state index contributed by atoms with van der Waals surface area (Å²) in [7, 11) is 1.70. The summed E-state index contributed by atoms with van der Waals surface area (Å²) >= 11 is 6.41. The Bertz CT molecular complexity index is 489. The molecule has 0 radical (unpaired) electrons. The topological polar surface area (TPSA) is 24.5 Å². The van der Waals surface area contributed by atoms with E-state index in [2.05, 4.69) is 23.2 Å². The highest BCUT2D eigenvalue weighted by Crippen LogP contribution is 2.42. The first-order valence-corrected chi connectivity index (χ1v) is 7.84. The second-order valence-electron chi connectivity index (χ2n) is 6.21. The van der Waals surface area contributed by atoms with E-state index in [9.17, 15) is 0 Å². The highest BCUT2D eigenvalue weighted by atomic mass is 35.5. The SMILES string of the molecule is COc1ccc(Cl)c(N2CCCNC(C)(C3CC3)C2)c1. The third kappa shape index (κ3) is 2.75. The molecule has 1 aromatic carbocycles. The van der Waals surface area contributed by atoms with Crippen molar-refractivity contribution in [1.82, 2.24) is 5.32 Å². The van der Waals surface area contributed by atoms with Crippen molar-refractivity contribution in [3.8, 4) is 5.75 Å². The van der Waals surface area contributed by atoms with Crippen molar-refractivity contribution in [3.05, 3.63) is 23.2 Å². The van der Waals surface area contributed by atoms with Crippen molar-refractivity contribution >= 4 is 17.3 Å². The lowest BCUT2D eigenvalue weighted by atomic mass is 9.95. The maximum atomic E-state index is 6.41. The number of hydrogen-bond donors (Lipinski definition) is 1. The van der Waals surface area contributed by atoms with E-state index in [1.165, 1.54) is 12.8 Å². The minimum absolute atomic E-state index is 0.211. The molecule has 3 nitrogen and oxygen atoms in total. The molecular formula is C16H23ClN2O. The lowest BCUT2D eigenvalue weighted by molar-refractivity contribution is 0.331. The third-order valence-corrected chi connectivity index (χ3v) is 4.94. The second kappa shape index (κ2) is 5.45. The van der Waals surface area contributed by atoms with Crippen LogP contribution in [0.2, 0.25) is 5.02 Å². The zero-order valence-electron chi connectivity index (χ0n) is 12.3. The van der Waals surface area contributed by atoms with Crippen LogP contribution < -0.4 is 15.0 Å². The van der Waals surface area contributed by atoms with Crippen LogP contribution in [0.15, 0.2) is 18.2 Å². The van der Waals surface area contributed by atoms with Crippen LogP contribution in [-0.2, 0) is 0 Å². The Kier molecular flexibility index (Phi) is 3.83. The van der Waals surface area contributed by atoms with Crippen molar-refractivity contribution in [2.75, 3.05) is 31.6 Å². The van der Waals surface area contributed by atoms with Crippen LogP contribution in [-0.4, -0.2) is 32.3 Å². The summed E-state index contributed by atoms with van der Waals surface area (Å²) in [4.78, 5) is 2.42. The molecule has 0 bridgehead atoms. The Morgan fingerprint density at radius 1 is 1.40 bits per heavy atom. The van der Waals surface area contributed by atoms with Gasteiger partial charge in [0.15, 0.2) is 0 Å². The van der Waals surface area contributed by atoms with E-state index in [0.717, 1.165) is 48.4 Å². The molecule has 4 heteroatoms. The minimum atomic E-state index is 0.211. The molecular weight excluding hydrogens is 272 g/mol. The molecule has 1 aliphatic heterocycles. The molecule has 0 spiro atoms. The summed E-state index contributed by atoms with van der Waals surface area (Å²) in [5.74, 6) is 1.68. The Morgan fingerprint density at radius 3 is 2.90 bits per heavy atom. The van der Waals surface area contributed by atoms with Crippen LogP contribution in [0.25, 0.3) is 0 Å². The van der Waals surface area contributed by atoms with E-state index in [1.54, 1.807) is 7.11 Å². The monoisotopic (exact) mass is 294 g/mol. The Balaban J connectivity index is 1.87. The van der Waals surface area contributed by atoms with Crippen molar-refractivity contribution in [2.45, 2.75) is 31.7 Å². The Hall–Kier alpha value is -0.930. The fraction of sp³-hybridized carbons (Fsp3) is 0.625. The predicted molar refractivity (Wildman–Crippen MR) is 84.0 cm³/mol. The van der Waals surface area contributed by atoms with E-state index >= 15 is 0 Å². The standard InChI is InChI=1S/C16H23ClN2O/c1-16(12-4-5-12)11-19(9-3-8-18-16)15-10-13(20-2)6-7-14(15)17/h6-7,10,12,18H,3-5,8-9,11H2,1-2H3. The van der Waals surface area contributed by atoms with Crippen molar-refractivity contribution in [1.29, 1.82) is 0 Å². The van der Waals surface area contributed by atoms with Gasteiger partial charge in [-0.2, -0.15) is 0 Å². The normalized spacial score (nSPS) is 27.2. The number of anilines is 1. The average Bonchev–Trinajstić information content (AvgIpc) is 3.27. The predicted octanol–water partition coefficient (Wildman–Crippen LogP) is 3.32.